The molecule has 0 amide bonds. The minimum absolute atomic E-state index is 0.0208. The van der Waals surface area contributed by atoms with Gasteiger partial charge in [0.1, 0.15) is 19.3 Å². The molecule has 9 heteroatoms. The largest absolute Gasteiger partial charge is 0.756 e. The number of phosphoric ester groups is 1. The van der Waals surface area contributed by atoms with Gasteiger partial charge in [0, 0.05) is 13.0 Å². The van der Waals surface area contributed by atoms with Crippen LogP contribution in [0.25, 0.3) is 0 Å². The highest BCUT2D eigenvalue weighted by Gasteiger charge is 2.20. The van der Waals surface area contributed by atoms with Crippen LogP contribution in [-0.4, -0.2) is 70.7 Å². The third-order valence-electron chi connectivity index (χ3n) is 9.08. The zero-order chi connectivity index (χ0) is 39.9. The van der Waals surface area contributed by atoms with Crippen LogP contribution in [-0.2, 0) is 27.9 Å². The van der Waals surface area contributed by atoms with Gasteiger partial charge in [-0.3, -0.25) is 9.36 Å². The molecule has 0 bridgehead atoms. The van der Waals surface area contributed by atoms with Crippen molar-refractivity contribution in [1.29, 1.82) is 0 Å². The molecule has 316 valence electrons. The molecule has 0 N–H and O–H groups in total. The van der Waals surface area contributed by atoms with Crippen molar-refractivity contribution in [2.75, 3.05) is 54.1 Å². The predicted molar refractivity (Wildman–Crippen MR) is 226 cm³/mol. The third-order valence-corrected chi connectivity index (χ3v) is 10.0. The summed E-state index contributed by atoms with van der Waals surface area (Å²) in [5, 5.41) is 0. The number of esters is 1. The van der Waals surface area contributed by atoms with E-state index in [1.165, 1.54) is 83.5 Å². The van der Waals surface area contributed by atoms with Gasteiger partial charge in [-0.05, 0) is 70.6 Å². The first-order chi connectivity index (χ1) is 26.1. The maximum atomic E-state index is 12.6. The minimum atomic E-state index is -4.53. The van der Waals surface area contributed by atoms with Gasteiger partial charge in [-0.15, -0.1) is 0 Å². The summed E-state index contributed by atoms with van der Waals surface area (Å²) < 4.78 is 34.5. The average Bonchev–Trinajstić information content (AvgIpc) is 3.12. The molecular weight excluding hydrogens is 697 g/mol. The molecule has 0 rings (SSSR count). The Morgan fingerprint density at radius 1 is 0.574 bits per heavy atom. The number of hydrogen-bond donors (Lipinski definition) is 0. The lowest BCUT2D eigenvalue weighted by molar-refractivity contribution is -0.870. The van der Waals surface area contributed by atoms with Crippen molar-refractivity contribution in [3.8, 4) is 0 Å². The van der Waals surface area contributed by atoms with E-state index >= 15 is 0 Å². The van der Waals surface area contributed by atoms with Crippen molar-refractivity contribution in [2.24, 2.45) is 0 Å². The van der Waals surface area contributed by atoms with Crippen LogP contribution >= 0.6 is 7.82 Å². The number of likely N-dealkylation sites (N-methyl/N-ethyl adjacent to an activating group) is 1. The van der Waals surface area contributed by atoms with Gasteiger partial charge in [-0.25, -0.2) is 0 Å². The smallest absolute Gasteiger partial charge is 0.306 e. The monoisotopic (exact) mass is 782 g/mol. The Morgan fingerprint density at radius 3 is 1.61 bits per heavy atom. The number of unbranched alkanes of at least 4 members (excludes halogenated alkanes) is 18. The standard InChI is InChI=1S/C45H84NO7P/c1-6-8-10-12-14-16-18-19-20-21-22-23-24-25-26-27-28-29-31-33-35-37-40-50-42-44(43-52-54(48,49)51-41-39-46(3,4)5)53-45(47)38-36-34-32-30-17-15-13-11-9-7-2/h11,13,18-19,21-22,24-25,44H,6-10,12,14-17,20,23,26-43H2,1-5H3/b13-11-,19-18-,22-21-,25-24-. The van der Waals surface area contributed by atoms with E-state index in [2.05, 4.69) is 62.5 Å². The van der Waals surface area contributed by atoms with Crippen molar-refractivity contribution in [2.45, 2.75) is 180 Å². The zero-order valence-electron chi connectivity index (χ0n) is 35.7. The van der Waals surface area contributed by atoms with Crippen LogP contribution in [0.1, 0.15) is 174 Å². The number of carbonyl (C=O) groups excluding carboxylic acids is 1. The summed E-state index contributed by atoms with van der Waals surface area (Å²) in [4.78, 5) is 24.9. The summed E-state index contributed by atoms with van der Waals surface area (Å²) in [6.45, 7) is 5.29. The molecule has 0 saturated carbocycles. The summed E-state index contributed by atoms with van der Waals surface area (Å²) in [6, 6.07) is 0. The number of quaternary nitrogens is 1. The van der Waals surface area contributed by atoms with Gasteiger partial charge in [0.25, 0.3) is 7.82 Å². The van der Waals surface area contributed by atoms with Gasteiger partial charge < -0.3 is 27.9 Å². The lowest BCUT2D eigenvalue weighted by atomic mass is 10.1. The lowest BCUT2D eigenvalue weighted by Crippen LogP contribution is -2.37. The Morgan fingerprint density at radius 2 is 1.06 bits per heavy atom. The number of hydrogen-bond acceptors (Lipinski definition) is 7. The van der Waals surface area contributed by atoms with E-state index in [0.717, 1.165) is 70.6 Å². The number of allylic oxidation sites excluding steroid dienone is 8. The molecule has 2 atom stereocenters. The molecule has 0 aromatic rings. The summed E-state index contributed by atoms with van der Waals surface area (Å²) in [5.74, 6) is -0.351. The second-order valence-corrected chi connectivity index (χ2v) is 17.1. The molecule has 0 aliphatic heterocycles. The Kier molecular flexibility index (Phi) is 37.2. The number of phosphoric acid groups is 1. The van der Waals surface area contributed by atoms with Crippen LogP contribution in [0.3, 0.4) is 0 Å². The second kappa shape index (κ2) is 38.3. The summed E-state index contributed by atoms with van der Waals surface area (Å²) in [7, 11) is 1.34. The molecule has 0 radical (unpaired) electrons. The molecule has 0 aliphatic rings. The number of carbonyl (C=O) groups is 1. The molecule has 0 heterocycles. The highest BCUT2D eigenvalue weighted by atomic mass is 31.2. The average molecular weight is 782 g/mol. The Labute approximate surface area is 333 Å². The first-order valence-electron chi connectivity index (χ1n) is 21.9. The van der Waals surface area contributed by atoms with Gasteiger partial charge in [0.2, 0.25) is 0 Å². The Hall–Kier alpha value is -1.54. The fourth-order valence-electron chi connectivity index (χ4n) is 5.67. The van der Waals surface area contributed by atoms with Crippen molar-refractivity contribution >= 4 is 13.8 Å². The van der Waals surface area contributed by atoms with Crippen molar-refractivity contribution in [1.82, 2.24) is 0 Å². The molecule has 0 aromatic heterocycles. The van der Waals surface area contributed by atoms with E-state index in [1.807, 2.05) is 21.1 Å². The van der Waals surface area contributed by atoms with Crippen molar-refractivity contribution < 1.29 is 37.3 Å². The predicted octanol–water partition coefficient (Wildman–Crippen LogP) is 12.1. The fraction of sp³-hybridized carbons (Fsp3) is 0.800. The first-order valence-corrected chi connectivity index (χ1v) is 23.3. The summed E-state index contributed by atoms with van der Waals surface area (Å²) in [5.41, 5.74) is 0. The molecule has 8 nitrogen and oxygen atoms in total. The third kappa shape index (κ3) is 41.6. The molecule has 0 spiro atoms. The molecule has 0 aromatic carbocycles. The SMILES string of the molecule is CCC/C=C\CCCCCCCC(=O)OC(COCCCCCCCCC/C=C\C/C=C\C/C=C\CCCCCCC)COP(=O)([O-])OCC[N+](C)(C)C. The van der Waals surface area contributed by atoms with Gasteiger partial charge >= 0.3 is 5.97 Å². The fourth-order valence-corrected chi connectivity index (χ4v) is 6.40. The number of rotatable bonds is 40. The second-order valence-electron chi connectivity index (χ2n) is 15.7. The van der Waals surface area contributed by atoms with Crippen molar-refractivity contribution in [3.63, 3.8) is 0 Å². The van der Waals surface area contributed by atoms with Crippen LogP contribution in [0.15, 0.2) is 48.6 Å². The van der Waals surface area contributed by atoms with Crippen LogP contribution in [0, 0.1) is 0 Å². The maximum absolute atomic E-state index is 12.6. The van der Waals surface area contributed by atoms with E-state index in [1.54, 1.807) is 0 Å². The molecule has 0 aliphatic carbocycles. The number of ether oxygens (including phenoxy) is 2. The first kappa shape index (κ1) is 52.5. The lowest BCUT2D eigenvalue weighted by Gasteiger charge is -2.28. The molecule has 0 fully saturated rings. The van der Waals surface area contributed by atoms with Crippen molar-refractivity contribution in [3.05, 3.63) is 48.6 Å². The van der Waals surface area contributed by atoms with Gasteiger partial charge in [-0.2, -0.15) is 0 Å². The molecule has 2 unspecified atom stereocenters. The highest BCUT2D eigenvalue weighted by molar-refractivity contribution is 7.45. The van der Waals surface area contributed by atoms with Crippen LogP contribution < -0.4 is 4.89 Å². The normalized spacial score (nSPS) is 14.3. The van der Waals surface area contributed by atoms with Gasteiger partial charge in [-0.1, -0.05) is 146 Å². The van der Waals surface area contributed by atoms with E-state index < -0.39 is 13.9 Å². The van der Waals surface area contributed by atoms with Gasteiger partial charge in [0.05, 0.1) is 34.4 Å². The molecule has 54 heavy (non-hydrogen) atoms. The Bertz CT molecular complexity index is 1000. The van der Waals surface area contributed by atoms with Crippen LogP contribution in [0.4, 0.5) is 0 Å². The van der Waals surface area contributed by atoms with Crippen LogP contribution in [0.2, 0.25) is 0 Å². The summed E-state index contributed by atoms with van der Waals surface area (Å²) >= 11 is 0. The number of nitrogens with zero attached hydrogens (tertiary/aromatic N) is 1. The van der Waals surface area contributed by atoms with Crippen LogP contribution in [0.5, 0.6) is 0 Å². The quantitative estimate of drug-likeness (QED) is 0.0201. The topological polar surface area (TPSA) is 94.1 Å². The zero-order valence-corrected chi connectivity index (χ0v) is 36.6. The van der Waals surface area contributed by atoms with E-state index in [-0.39, 0.29) is 25.8 Å². The van der Waals surface area contributed by atoms with E-state index in [9.17, 15) is 14.3 Å². The highest BCUT2D eigenvalue weighted by Crippen LogP contribution is 2.38. The summed E-state index contributed by atoms with van der Waals surface area (Å²) in [6.07, 6.45) is 45.6. The Balaban J connectivity index is 4.18. The molecular formula is C45H84NO7P. The van der Waals surface area contributed by atoms with E-state index in [0.29, 0.717) is 24.1 Å². The van der Waals surface area contributed by atoms with E-state index in [4.69, 9.17) is 18.5 Å². The minimum Gasteiger partial charge on any atom is -0.756 e. The van der Waals surface area contributed by atoms with Gasteiger partial charge in [0.15, 0.2) is 0 Å². The molecule has 0 saturated heterocycles. The maximum Gasteiger partial charge on any atom is 0.306 e.